The van der Waals surface area contributed by atoms with E-state index in [-0.39, 0.29) is 17.8 Å². The highest BCUT2D eigenvalue weighted by atomic mass is 32.1. The van der Waals surface area contributed by atoms with Crippen LogP contribution < -0.4 is 16.4 Å². The van der Waals surface area contributed by atoms with E-state index in [0.717, 1.165) is 46.6 Å². The highest BCUT2D eigenvalue weighted by molar-refractivity contribution is 7.18. The number of benzene rings is 1. The van der Waals surface area contributed by atoms with Gasteiger partial charge in [0.1, 0.15) is 5.82 Å². The van der Waals surface area contributed by atoms with E-state index in [1.54, 1.807) is 11.3 Å². The van der Waals surface area contributed by atoms with Crippen molar-refractivity contribution in [2.24, 2.45) is 5.73 Å². The number of hydrogen-bond acceptors (Lipinski definition) is 8. The van der Waals surface area contributed by atoms with Crippen molar-refractivity contribution in [2.75, 3.05) is 10.6 Å². The van der Waals surface area contributed by atoms with E-state index < -0.39 is 5.91 Å². The minimum Gasteiger partial charge on any atom is -0.393 e. The summed E-state index contributed by atoms with van der Waals surface area (Å²) < 4.78 is 1.05. The number of carbonyl (C=O) groups is 1. The second kappa shape index (κ2) is 8.53. The number of primary amides is 1. The quantitative estimate of drug-likeness (QED) is 0.475. The molecule has 1 amide bonds. The van der Waals surface area contributed by atoms with Crippen molar-refractivity contribution in [3.05, 3.63) is 34.6 Å². The van der Waals surface area contributed by atoms with Gasteiger partial charge in [-0.3, -0.25) is 4.79 Å². The Morgan fingerprint density at radius 3 is 2.67 bits per heavy atom. The third-order valence-electron chi connectivity index (χ3n) is 5.33. The molecule has 8 nitrogen and oxygen atoms in total. The van der Waals surface area contributed by atoms with Crippen molar-refractivity contribution in [3.8, 4) is 0 Å². The molecule has 0 saturated heterocycles. The molecule has 2 heterocycles. The highest BCUT2D eigenvalue weighted by Crippen LogP contribution is 2.29. The first-order valence-electron chi connectivity index (χ1n) is 10.2. The van der Waals surface area contributed by atoms with Gasteiger partial charge in [-0.1, -0.05) is 6.92 Å². The molecule has 3 aromatic rings. The molecule has 1 aromatic carbocycles. The number of amides is 1. The van der Waals surface area contributed by atoms with Crippen molar-refractivity contribution >= 4 is 44.8 Å². The second-order valence-corrected chi connectivity index (χ2v) is 8.86. The molecule has 1 fully saturated rings. The van der Waals surface area contributed by atoms with Crippen LogP contribution in [-0.4, -0.2) is 38.1 Å². The molecule has 0 spiro atoms. The lowest BCUT2D eigenvalue weighted by molar-refractivity contribution is 0.0996. The molecule has 30 heavy (non-hydrogen) atoms. The Labute approximate surface area is 179 Å². The first kappa shape index (κ1) is 20.5. The average Bonchev–Trinajstić information content (AvgIpc) is 3.09. The van der Waals surface area contributed by atoms with E-state index >= 15 is 0 Å². The number of nitrogens with two attached hydrogens (primary N) is 1. The minimum atomic E-state index is -0.623. The molecule has 0 atom stereocenters. The number of aryl methyl sites for hydroxylation is 2. The molecule has 0 unspecified atom stereocenters. The van der Waals surface area contributed by atoms with Crippen LogP contribution in [-0.2, 0) is 6.42 Å². The zero-order valence-corrected chi connectivity index (χ0v) is 17.9. The van der Waals surface area contributed by atoms with Gasteiger partial charge in [0.05, 0.1) is 27.0 Å². The summed E-state index contributed by atoms with van der Waals surface area (Å²) in [6.07, 6.45) is 3.68. The van der Waals surface area contributed by atoms with E-state index in [4.69, 9.17) is 10.7 Å². The predicted molar refractivity (Wildman–Crippen MR) is 119 cm³/mol. The molecule has 4 rings (SSSR count). The monoisotopic (exact) mass is 426 g/mol. The van der Waals surface area contributed by atoms with Gasteiger partial charge in [-0.15, -0.1) is 11.3 Å². The van der Waals surface area contributed by atoms with Crippen molar-refractivity contribution in [3.63, 3.8) is 0 Å². The van der Waals surface area contributed by atoms with Gasteiger partial charge in [0.15, 0.2) is 11.5 Å². The standard InChI is InChI=1S/C21H26N6O2S/c1-3-15-20(24-12-4-7-14(28)8-5-12)27-21(18(26-15)19(22)29)25-13-6-9-16-17(10-13)30-11(2)23-16/h6,9-10,12,14,28H,3-5,7-8H2,1-2H3,(H2,22,29)(H2,24,25,27)/t12-,14-. The number of aliphatic hydroxyl groups excluding tert-OH is 1. The number of aromatic nitrogens is 3. The number of thiazole rings is 1. The number of rotatable bonds is 6. The molecule has 0 aliphatic heterocycles. The number of nitrogens with one attached hydrogen (secondary N) is 2. The molecular formula is C21H26N6O2S. The van der Waals surface area contributed by atoms with Crippen LogP contribution in [0.25, 0.3) is 10.2 Å². The highest BCUT2D eigenvalue weighted by Gasteiger charge is 2.23. The molecule has 9 heteroatoms. The van der Waals surface area contributed by atoms with Crippen LogP contribution in [0.5, 0.6) is 0 Å². The van der Waals surface area contributed by atoms with Gasteiger partial charge in [0, 0.05) is 11.7 Å². The Bertz CT molecular complexity index is 1070. The van der Waals surface area contributed by atoms with Gasteiger partial charge >= 0.3 is 0 Å². The fourth-order valence-electron chi connectivity index (χ4n) is 3.76. The maximum Gasteiger partial charge on any atom is 0.271 e. The zero-order valence-electron chi connectivity index (χ0n) is 17.1. The van der Waals surface area contributed by atoms with Crippen LogP contribution >= 0.6 is 11.3 Å². The summed E-state index contributed by atoms with van der Waals surface area (Å²) in [5.41, 5.74) is 8.15. The van der Waals surface area contributed by atoms with Crippen LogP contribution in [0.15, 0.2) is 18.2 Å². The molecule has 1 aliphatic rings. The van der Waals surface area contributed by atoms with E-state index in [1.165, 1.54) is 0 Å². The number of carbonyl (C=O) groups excluding carboxylic acids is 1. The smallest absolute Gasteiger partial charge is 0.271 e. The molecule has 158 valence electrons. The summed E-state index contributed by atoms with van der Waals surface area (Å²) in [6, 6.07) is 6.04. The van der Waals surface area contributed by atoms with Crippen LogP contribution in [0, 0.1) is 6.92 Å². The Morgan fingerprint density at radius 1 is 1.20 bits per heavy atom. The number of hydrogen-bond donors (Lipinski definition) is 4. The van der Waals surface area contributed by atoms with E-state index in [9.17, 15) is 9.90 Å². The summed E-state index contributed by atoms with van der Waals surface area (Å²) in [7, 11) is 0. The average molecular weight is 427 g/mol. The van der Waals surface area contributed by atoms with E-state index in [0.29, 0.717) is 23.8 Å². The predicted octanol–water partition coefficient (Wildman–Crippen LogP) is 3.52. The summed E-state index contributed by atoms with van der Waals surface area (Å²) in [5.74, 6) is 0.362. The normalized spacial score (nSPS) is 19.0. The molecule has 0 radical (unpaired) electrons. The van der Waals surface area contributed by atoms with Crippen molar-refractivity contribution < 1.29 is 9.90 Å². The molecular weight excluding hydrogens is 400 g/mol. The third-order valence-corrected chi connectivity index (χ3v) is 6.27. The van der Waals surface area contributed by atoms with Crippen LogP contribution in [0.3, 0.4) is 0 Å². The Balaban J connectivity index is 1.66. The van der Waals surface area contributed by atoms with Gasteiger partial charge in [-0.05, 0) is 57.2 Å². The number of fused-ring (bicyclic) bond motifs is 1. The summed E-state index contributed by atoms with van der Waals surface area (Å²) >= 11 is 1.61. The van der Waals surface area contributed by atoms with Gasteiger partial charge in [-0.2, -0.15) is 0 Å². The van der Waals surface area contributed by atoms with Gasteiger partial charge < -0.3 is 21.5 Å². The summed E-state index contributed by atoms with van der Waals surface area (Å²) in [6.45, 7) is 3.94. The number of nitrogens with zero attached hydrogens (tertiary/aromatic N) is 3. The van der Waals surface area contributed by atoms with E-state index in [2.05, 4.69) is 20.6 Å². The lowest BCUT2D eigenvalue weighted by Crippen LogP contribution is -2.29. The first-order chi connectivity index (χ1) is 14.4. The van der Waals surface area contributed by atoms with Crippen LogP contribution in [0.1, 0.15) is 53.8 Å². The summed E-state index contributed by atoms with van der Waals surface area (Å²) in [4.78, 5) is 25.7. The van der Waals surface area contributed by atoms with Crippen molar-refractivity contribution in [2.45, 2.75) is 58.1 Å². The largest absolute Gasteiger partial charge is 0.393 e. The molecule has 0 bridgehead atoms. The lowest BCUT2D eigenvalue weighted by Gasteiger charge is -2.27. The van der Waals surface area contributed by atoms with Crippen molar-refractivity contribution in [1.82, 2.24) is 15.0 Å². The zero-order chi connectivity index (χ0) is 21.3. The Hall–Kier alpha value is -2.78. The molecule has 5 N–H and O–H groups in total. The maximum absolute atomic E-state index is 12.1. The molecule has 2 aromatic heterocycles. The lowest BCUT2D eigenvalue weighted by atomic mass is 9.93. The fourth-order valence-corrected chi connectivity index (χ4v) is 4.63. The van der Waals surface area contributed by atoms with Gasteiger partial charge in [0.2, 0.25) is 0 Å². The third kappa shape index (κ3) is 4.36. The topological polar surface area (TPSA) is 126 Å². The van der Waals surface area contributed by atoms with Gasteiger partial charge in [-0.25, -0.2) is 15.0 Å². The Kier molecular flexibility index (Phi) is 5.83. The fraction of sp³-hybridized carbons (Fsp3) is 0.429. The van der Waals surface area contributed by atoms with Crippen LogP contribution in [0.2, 0.25) is 0 Å². The van der Waals surface area contributed by atoms with Gasteiger partial charge in [0.25, 0.3) is 5.91 Å². The minimum absolute atomic E-state index is 0.122. The maximum atomic E-state index is 12.1. The Morgan fingerprint density at radius 2 is 1.97 bits per heavy atom. The van der Waals surface area contributed by atoms with E-state index in [1.807, 2.05) is 32.0 Å². The van der Waals surface area contributed by atoms with Crippen LogP contribution in [0.4, 0.5) is 17.3 Å². The second-order valence-electron chi connectivity index (χ2n) is 7.62. The molecule has 1 saturated carbocycles. The number of aliphatic hydroxyl groups is 1. The van der Waals surface area contributed by atoms with Crippen molar-refractivity contribution in [1.29, 1.82) is 0 Å². The molecule has 1 aliphatic carbocycles. The summed E-state index contributed by atoms with van der Waals surface area (Å²) in [5, 5.41) is 17.4. The SMILES string of the molecule is CCc1nc(C(N)=O)c(Nc2ccc3nc(C)sc3c2)nc1N[C@H]1CC[C@H](O)CC1. The first-order valence-corrected chi connectivity index (χ1v) is 11.0. The number of anilines is 3.